The minimum Gasteiger partial charge on any atom is -0.454 e. The highest BCUT2D eigenvalue weighted by Gasteiger charge is 2.17. The first-order valence-electron chi connectivity index (χ1n) is 7.01. The molecular formula is C17H12N2O3S. The van der Waals surface area contributed by atoms with Gasteiger partial charge in [-0.25, -0.2) is 4.68 Å². The van der Waals surface area contributed by atoms with Gasteiger partial charge in [0, 0.05) is 16.6 Å². The van der Waals surface area contributed by atoms with Gasteiger partial charge in [-0.15, -0.1) is 11.3 Å². The van der Waals surface area contributed by atoms with Crippen molar-refractivity contribution in [2.75, 3.05) is 6.79 Å². The number of hydrogen-bond donors (Lipinski definition) is 0. The highest BCUT2D eigenvalue weighted by Crippen LogP contribution is 2.32. The molecule has 1 aliphatic rings. The third-order valence-corrected chi connectivity index (χ3v) is 4.24. The van der Waals surface area contributed by atoms with Crippen LogP contribution in [0, 0.1) is 0 Å². The average molecular weight is 324 g/mol. The Bertz CT molecular complexity index is 881. The maximum atomic E-state index is 12.5. The molecule has 5 nitrogen and oxygen atoms in total. The molecule has 0 N–H and O–H groups in total. The summed E-state index contributed by atoms with van der Waals surface area (Å²) in [4.78, 5) is 13.6. The number of hydrogen-bond acceptors (Lipinski definition) is 5. The van der Waals surface area contributed by atoms with E-state index >= 15 is 0 Å². The van der Waals surface area contributed by atoms with E-state index in [2.05, 4.69) is 5.10 Å². The topological polar surface area (TPSA) is 53.4 Å². The van der Waals surface area contributed by atoms with Crippen LogP contribution in [0.25, 0.3) is 12.2 Å². The van der Waals surface area contributed by atoms with Crippen LogP contribution in [0.2, 0.25) is 0 Å². The lowest BCUT2D eigenvalue weighted by molar-refractivity contribution is 0.0944. The number of fused-ring (bicyclic) bond motifs is 1. The van der Waals surface area contributed by atoms with Crippen LogP contribution in [0.3, 0.4) is 0 Å². The van der Waals surface area contributed by atoms with E-state index in [0.717, 1.165) is 10.6 Å². The predicted octanol–water partition coefficient (Wildman–Crippen LogP) is 3.53. The van der Waals surface area contributed by atoms with Crippen molar-refractivity contribution in [1.29, 1.82) is 0 Å². The minimum absolute atomic E-state index is 0.187. The maximum absolute atomic E-state index is 12.5. The number of nitrogens with zero attached hydrogens (tertiary/aromatic N) is 2. The van der Waals surface area contributed by atoms with Crippen LogP contribution in [-0.2, 0) is 0 Å². The Morgan fingerprint density at radius 2 is 2.09 bits per heavy atom. The smallest absolute Gasteiger partial charge is 0.278 e. The lowest BCUT2D eigenvalue weighted by Gasteiger charge is -2.02. The zero-order valence-corrected chi connectivity index (χ0v) is 12.8. The molecule has 0 unspecified atom stereocenters. The van der Waals surface area contributed by atoms with E-state index in [1.165, 1.54) is 4.68 Å². The van der Waals surface area contributed by atoms with E-state index in [4.69, 9.17) is 9.47 Å². The molecule has 0 fully saturated rings. The molecule has 2 aromatic heterocycles. The predicted molar refractivity (Wildman–Crippen MR) is 87.8 cm³/mol. The molecule has 0 bridgehead atoms. The Kier molecular flexibility index (Phi) is 3.44. The number of benzene rings is 1. The number of ether oxygens (including phenoxy) is 2. The first-order chi connectivity index (χ1) is 11.3. The summed E-state index contributed by atoms with van der Waals surface area (Å²) in [7, 11) is 0. The SMILES string of the molecule is O=C(c1ccc2c(c1)OCO2)n1ccc(C=Cc2cccs2)n1. The number of carbonyl (C=O) groups is 1. The molecule has 1 aliphatic heterocycles. The lowest BCUT2D eigenvalue weighted by Crippen LogP contribution is -2.12. The third kappa shape index (κ3) is 2.76. The van der Waals surface area contributed by atoms with E-state index in [0.29, 0.717) is 17.1 Å². The normalized spacial score (nSPS) is 12.9. The fraction of sp³-hybridized carbons (Fsp3) is 0.0588. The van der Waals surface area contributed by atoms with Crippen molar-refractivity contribution in [2.45, 2.75) is 0 Å². The van der Waals surface area contributed by atoms with Gasteiger partial charge >= 0.3 is 0 Å². The summed E-state index contributed by atoms with van der Waals surface area (Å²) in [5, 5.41) is 6.31. The molecule has 3 heterocycles. The first-order valence-corrected chi connectivity index (χ1v) is 7.89. The van der Waals surface area contributed by atoms with E-state index in [-0.39, 0.29) is 12.7 Å². The summed E-state index contributed by atoms with van der Waals surface area (Å²) in [5.74, 6) is 1.03. The molecule has 1 aromatic carbocycles. The van der Waals surface area contributed by atoms with Gasteiger partial charge in [-0.2, -0.15) is 5.10 Å². The second-order valence-electron chi connectivity index (χ2n) is 4.91. The van der Waals surface area contributed by atoms with Crippen molar-refractivity contribution >= 4 is 29.4 Å². The molecule has 4 rings (SSSR count). The van der Waals surface area contributed by atoms with Gasteiger partial charge in [0.05, 0.1) is 5.69 Å². The first kappa shape index (κ1) is 13.8. The standard InChI is InChI=1S/C17H12N2O3S/c20-17(12-3-6-15-16(10-12)22-11-21-15)19-8-7-13(18-19)4-5-14-2-1-9-23-14/h1-10H,11H2. The summed E-state index contributed by atoms with van der Waals surface area (Å²) in [6.07, 6.45) is 5.51. The zero-order valence-electron chi connectivity index (χ0n) is 12.0. The fourth-order valence-electron chi connectivity index (χ4n) is 2.26. The number of aromatic nitrogens is 2. The van der Waals surface area contributed by atoms with Crippen molar-refractivity contribution in [3.8, 4) is 11.5 Å². The van der Waals surface area contributed by atoms with Crippen molar-refractivity contribution in [1.82, 2.24) is 9.78 Å². The molecule has 114 valence electrons. The highest BCUT2D eigenvalue weighted by atomic mass is 32.1. The Hall–Kier alpha value is -2.86. The number of rotatable bonds is 3. The van der Waals surface area contributed by atoms with Crippen LogP contribution in [0.4, 0.5) is 0 Å². The largest absolute Gasteiger partial charge is 0.454 e. The molecule has 0 saturated heterocycles. The molecule has 23 heavy (non-hydrogen) atoms. The average Bonchev–Trinajstić information content (AvgIpc) is 3.31. The van der Waals surface area contributed by atoms with E-state index in [1.807, 2.05) is 29.7 Å². The number of carbonyl (C=O) groups excluding carboxylic acids is 1. The fourth-order valence-corrected chi connectivity index (χ4v) is 2.87. The van der Waals surface area contributed by atoms with Crippen LogP contribution in [0.1, 0.15) is 20.9 Å². The molecule has 0 amide bonds. The van der Waals surface area contributed by atoms with Crippen molar-refractivity contribution in [2.24, 2.45) is 0 Å². The van der Waals surface area contributed by atoms with Gasteiger partial charge < -0.3 is 9.47 Å². The minimum atomic E-state index is -0.209. The second kappa shape index (κ2) is 5.73. The van der Waals surface area contributed by atoms with Gasteiger partial charge in [-0.3, -0.25) is 4.79 Å². The van der Waals surface area contributed by atoms with Gasteiger partial charge in [-0.05, 0) is 47.9 Å². The lowest BCUT2D eigenvalue weighted by atomic mass is 10.2. The molecular weight excluding hydrogens is 312 g/mol. The summed E-state index contributed by atoms with van der Waals surface area (Å²) >= 11 is 1.65. The highest BCUT2D eigenvalue weighted by molar-refractivity contribution is 7.10. The molecule has 0 aliphatic carbocycles. The van der Waals surface area contributed by atoms with Crippen LogP contribution in [0.5, 0.6) is 11.5 Å². The van der Waals surface area contributed by atoms with E-state index in [9.17, 15) is 4.79 Å². The maximum Gasteiger partial charge on any atom is 0.278 e. The Labute approximate surface area is 136 Å². The molecule has 0 saturated carbocycles. The van der Waals surface area contributed by atoms with Gasteiger partial charge in [0.1, 0.15) is 0 Å². The Morgan fingerprint density at radius 3 is 2.96 bits per heavy atom. The molecule has 6 heteroatoms. The summed E-state index contributed by atoms with van der Waals surface area (Å²) in [6, 6.07) is 10.9. The van der Waals surface area contributed by atoms with Crippen LogP contribution in [-0.4, -0.2) is 22.5 Å². The Morgan fingerprint density at radius 1 is 1.17 bits per heavy atom. The molecule has 0 spiro atoms. The molecule has 0 radical (unpaired) electrons. The van der Waals surface area contributed by atoms with Crippen LogP contribution in [0.15, 0.2) is 48.0 Å². The van der Waals surface area contributed by atoms with Crippen LogP contribution < -0.4 is 9.47 Å². The van der Waals surface area contributed by atoms with Crippen molar-refractivity contribution < 1.29 is 14.3 Å². The summed E-state index contributed by atoms with van der Waals surface area (Å²) in [5.41, 5.74) is 1.23. The second-order valence-corrected chi connectivity index (χ2v) is 5.89. The Balaban J connectivity index is 1.55. The van der Waals surface area contributed by atoms with Gasteiger partial charge in [0.25, 0.3) is 5.91 Å². The quantitative estimate of drug-likeness (QED) is 0.739. The van der Waals surface area contributed by atoms with Gasteiger partial charge in [0.15, 0.2) is 11.5 Å². The monoisotopic (exact) mass is 324 g/mol. The molecule has 3 aromatic rings. The zero-order chi connectivity index (χ0) is 15.6. The van der Waals surface area contributed by atoms with Crippen molar-refractivity contribution in [3.05, 3.63) is 64.1 Å². The van der Waals surface area contributed by atoms with Gasteiger partial charge in [-0.1, -0.05) is 6.07 Å². The third-order valence-electron chi connectivity index (χ3n) is 3.40. The number of thiophene rings is 1. The van der Waals surface area contributed by atoms with E-state index in [1.54, 1.807) is 41.8 Å². The summed E-state index contributed by atoms with van der Waals surface area (Å²) < 4.78 is 11.9. The van der Waals surface area contributed by atoms with Crippen LogP contribution >= 0.6 is 11.3 Å². The van der Waals surface area contributed by atoms with E-state index < -0.39 is 0 Å². The van der Waals surface area contributed by atoms with Gasteiger partial charge in [0.2, 0.25) is 6.79 Å². The van der Waals surface area contributed by atoms with Crippen molar-refractivity contribution in [3.63, 3.8) is 0 Å². The molecule has 0 atom stereocenters. The summed E-state index contributed by atoms with van der Waals surface area (Å²) in [6.45, 7) is 0.187.